The normalized spacial score (nSPS) is 16.5. The Bertz CT molecular complexity index is 591. The first-order chi connectivity index (χ1) is 9.28. The summed E-state index contributed by atoms with van der Waals surface area (Å²) < 4.78 is 5.82. The van der Waals surface area contributed by atoms with Gasteiger partial charge in [-0.15, -0.1) is 11.3 Å². The van der Waals surface area contributed by atoms with Gasteiger partial charge in [0.25, 0.3) is 0 Å². The Kier molecular flexibility index (Phi) is 3.23. The second-order valence-electron chi connectivity index (χ2n) is 4.71. The average molecular weight is 275 g/mol. The summed E-state index contributed by atoms with van der Waals surface area (Å²) in [5, 5.41) is 11.2. The molecule has 3 rings (SSSR count). The van der Waals surface area contributed by atoms with Crippen LogP contribution in [0.2, 0.25) is 0 Å². The second-order valence-corrected chi connectivity index (χ2v) is 5.65. The molecular weight excluding hydrogens is 260 g/mol. The Morgan fingerprint density at radius 3 is 2.89 bits per heavy atom. The van der Waals surface area contributed by atoms with Crippen molar-refractivity contribution < 1.29 is 9.32 Å². The topological polar surface area (TPSA) is 57.5 Å². The number of anilines is 1. The molecule has 98 valence electrons. The van der Waals surface area contributed by atoms with Crippen molar-refractivity contribution in [3.63, 3.8) is 0 Å². The van der Waals surface area contributed by atoms with Gasteiger partial charge in [-0.1, -0.05) is 6.07 Å². The van der Waals surface area contributed by atoms with E-state index < -0.39 is 0 Å². The second kappa shape index (κ2) is 5.03. The van der Waals surface area contributed by atoms with E-state index >= 15 is 0 Å². The number of thiophene rings is 1. The minimum Gasteiger partial charge on any atom is -0.418 e. The highest BCUT2D eigenvalue weighted by atomic mass is 32.1. The summed E-state index contributed by atoms with van der Waals surface area (Å²) in [7, 11) is 2.18. The van der Waals surface area contributed by atoms with E-state index in [9.17, 15) is 5.26 Å². The zero-order valence-electron chi connectivity index (χ0n) is 10.7. The van der Waals surface area contributed by atoms with E-state index in [1.807, 2.05) is 17.5 Å². The van der Waals surface area contributed by atoms with E-state index in [-0.39, 0.29) is 0 Å². The molecule has 0 unspecified atom stereocenters. The third-order valence-electron chi connectivity index (χ3n) is 3.35. The fourth-order valence-corrected chi connectivity index (χ4v) is 2.85. The maximum Gasteiger partial charge on any atom is 0.240 e. The first-order valence-electron chi connectivity index (χ1n) is 6.29. The van der Waals surface area contributed by atoms with Crippen LogP contribution in [0.4, 0.5) is 5.88 Å². The number of nitriles is 1. The lowest BCUT2D eigenvalue weighted by Crippen LogP contribution is -3.12. The molecule has 0 radical (unpaired) electrons. The van der Waals surface area contributed by atoms with Gasteiger partial charge in [0.15, 0.2) is 0 Å². The minimum atomic E-state index is 0.392. The Morgan fingerprint density at radius 1 is 1.47 bits per heavy atom. The fraction of sp³-hybridized carbons (Fsp3) is 0.385. The molecule has 0 aliphatic carbocycles. The first kappa shape index (κ1) is 12.2. The predicted molar refractivity (Wildman–Crippen MR) is 73.4 cm³/mol. The number of nitrogens with one attached hydrogen (secondary N) is 1. The van der Waals surface area contributed by atoms with Crippen molar-refractivity contribution in [2.75, 3.05) is 38.1 Å². The van der Waals surface area contributed by atoms with Crippen molar-refractivity contribution in [3.05, 3.63) is 23.2 Å². The van der Waals surface area contributed by atoms with Crippen LogP contribution in [0.25, 0.3) is 10.8 Å². The van der Waals surface area contributed by atoms with E-state index in [1.165, 1.54) is 4.90 Å². The first-order valence-corrected chi connectivity index (χ1v) is 7.17. The van der Waals surface area contributed by atoms with E-state index in [0.29, 0.717) is 17.5 Å². The molecule has 3 heterocycles. The molecule has 0 spiro atoms. The van der Waals surface area contributed by atoms with E-state index in [0.717, 1.165) is 31.1 Å². The van der Waals surface area contributed by atoms with Gasteiger partial charge in [-0.2, -0.15) is 10.2 Å². The number of nitrogens with zero attached hydrogens (tertiary/aromatic N) is 3. The predicted octanol–water partition coefficient (Wildman–Crippen LogP) is 0.609. The van der Waals surface area contributed by atoms with Gasteiger partial charge in [0.2, 0.25) is 17.5 Å². The minimum absolute atomic E-state index is 0.392. The van der Waals surface area contributed by atoms with E-state index in [2.05, 4.69) is 23.0 Å². The molecule has 2 aromatic heterocycles. The largest absolute Gasteiger partial charge is 0.418 e. The van der Waals surface area contributed by atoms with Crippen molar-refractivity contribution >= 4 is 17.2 Å². The summed E-state index contributed by atoms with van der Waals surface area (Å²) >= 11 is 1.57. The number of rotatable bonds is 2. The fourth-order valence-electron chi connectivity index (χ4n) is 2.20. The summed E-state index contributed by atoms with van der Waals surface area (Å²) in [6.45, 7) is 3.92. The molecule has 1 aliphatic rings. The van der Waals surface area contributed by atoms with Crippen molar-refractivity contribution in [1.29, 1.82) is 5.26 Å². The van der Waals surface area contributed by atoms with Crippen LogP contribution < -0.4 is 9.80 Å². The van der Waals surface area contributed by atoms with Gasteiger partial charge in [0.05, 0.1) is 38.1 Å². The summed E-state index contributed by atoms with van der Waals surface area (Å²) in [5.41, 5.74) is 0.392. The lowest BCUT2D eigenvalue weighted by Gasteiger charge is -2.29. The van der Waals surface area contributed by atoms with Gasteiger partial charge in [0.1, 0.15) is 6.07 Å². The number of quaternary nitrogens is 1. The van der Waals surface area contributed by atoms with Gasteiger partial charge < -0.3 is 14.2 Å². The van der Waals surface area contributed by atoms with Crippen molar-refractivity contribution in [1.82, 2.24) is 4.98 Å². The summed E-state index contributed by atoms with van der Waals surface area (Å²) in [6.07, 6.45) is 0. The highest BCUT2D eigenvalue weighted by Gasteiger charge is 2.25. The van der Waals surface area contributed by atoms with Crippen molar-refractivity contribution in [3.8, 4) is 16.8 Å². The molecular formula is C13H15N4OS+. The lowest BCUT2D eigenvalue weighted by atomic mass is 10.3. The number of hydrogen-bond acceptors (Lipinski definition) is 5. The molecule has 1 N–H and O–H groups in total. The Hall–Kier alpha value is -1.84. The average Bonchev–Trinajstić information content (AvgIpc) is 3.08. The molecule has 0 saturated carbocycles. The zero-order chi connectivity index (χ0) is 13.2. The molecule has 1 fully saturated rings. The monoisotopic (exact) mass is 275 g/mol. The summed E-state index contributed by atoms with van der Waals surface area (Å²) in [4.78, 5) is 8.89. The van der Waals surface area contributed by atoms with Gasteiger partial charge >= 0.3 is 0 Å². The van der Waals surface area contributed by atoms with Crippen LogP contribution in [0.5, 0.6) is 0 Å². The highest BCUT2D eigenvalue weighted by Crippen LogP contribution is 2.30. The van der Waals surface area contributed by atoms with Crippen LogP contribution in [0.15, 0.2) is 21.9 Å². The van der Waals surface area contributed by atoms with Gasteiger partial charge in [-0.25, -0.2) is 0 Å². The molecule has 1 saturated heterocycles. The van der Waals surface area contributed by atoms with Gasteiger partial charge in [-0.05, 0) is 11.4 Å². The van der Waals surface area contributed by atoms with E-state index in [4.69, 9.17) is 4.42 Å². The summed E-state index contributed by atoms with van der Waals surface area (Å²) in [5.74, 6) is 1.17. The SMILES string of the molecule is C[NH+]1CCN(c2oc(-c3cccs3)nc2C#N)CC1. The van der Waals surface area contributed by atoms with Gasteiger partial charge in [-0.3, -0.25) is 0 Å². The Balaban J connectivity index is 1.91. The zero-order valence-corrected chi connectivity index (χ0v) is 11.5. The molecule has 0 aromatic carbocycles. The Labute approximate surface area is 115 Å². The highest BCUT2D eigenvalue weighted by molar-refractivity contribution is 7.13. The summed E-state index contributed by atoms with van der Waals surface area (Å²) in [6, 6.07) is 6.05. The molecule has 2 aromatic rings. The van der Waals surface area contributed by atoms with Crippen LogP contribution in [-0.4, -0.2) is 38.2 Å². The van der Waals surface area contributed by atoms with E-state index in [1.54, 1.807) is 11.3 Å². The molecule has 0 bridgehead atoms. The van der Waals surface area contributed by atoms with Crippen LogP contribution in [0, 0.1) is 11.3 Å². The number of oxazole rings is 1. The third kappa shape index (κ3) is 2.35. The number of likely N-dealkylation sites (N-methyl/N-ethyl adjacent to an activating group) is 1. The molecule has 19 heavy (non-hydrogen) atoms. The maximum absolute atomic E-state index is 9.21. The van der Waals surface area contributed by atoms with Gasteiger partial charge in [0, 0.05) is 0 Å². The maximum atomic E-state index is 9.21. The van der Waals surface area contributed by atoms with Crippen LogP contribution in [-0.2, 0) is 0 Å². The van der Waals surface area contributed by atoms with Crippen molar-refractivity contribution in [2.45, 2.75) is 0 Å². The third-order valence-corrected chi connectivity index (χ3v) is 4.21. The molecule has 6 heteroatoms. The molecule has 0 atom stereocenters. The number of aromatic nitrogens is 1. The number of hydrogen-bond donors (Lipinski definition) is 1. The smallest absolute Gasteiger partial charge is 0.240 e. The Morgan fingerprint density at radius 2 is 2.26 bits per heavy atom. The lowest BCUT2D eigenvalue weighted by molar-refractivity contribution is -0.880. The van der Waals surface area contributed by atoms with Crippen molar-refractivity contribution in [2.24, 2.45) is 0 Å². The molecule has 0 amide bonds. The molecule has 5 nitrogen and oxygen atoms in total. The standard InChI is InChI=1S/C13H14N4OS/c1-16-4-6-17(7-5-16)13-10(9-14)15-12(18-13)11-3-2-8-19-11/h2-3,8H,4-7H2,1H3/p+1. The molecule has 1 aliphatic heterocycles. The number of piperazine rings is 1. The quantitative estimate of drug-likeness (QED) is 0.872. The van der Waals surface area contributed by atoms with Crippen LogP contribution in [0.3, 0.4) is 0 Å². The van der Waals surface area contributed by atoms with Crippen LogP contribution >= 0.6 is 11.3 Å². The van der Waals surface area contributed by atoms with Crippen LogP contribution in [0.1, 0.15) is 5.69 Å².